The molecule has 2 N–H and O–H groups in total. The van der Waals surface area contributed by atoms with Crippen molar-refractivity contribution < 1.29 is 0 Å². The third-order valence-corrected chi connectivity index (χ3v) is 3.04. The molecule has 1 aliphatic heterocycles. The fourth-order valence-corrected chi connectivity index (χ4v) is 2.06. The van der Waals surface area contributed by atoms with Gasteiger partial charge in [0.1, 0.15) is 0 Å². The molecule has 1 heterocycles. The van der Waals surface area contributed by atoms with Crippen molar-refractivity contribution in [2.75, 3.05) is 13.1 Å². The molecule has 0 aromatic heterocycles. The number of nitriles is 1. The first-order valence-corrected chi connectivity index (χ1v) is 6.08. The minimum absolute atomic E-state index is 0.117. The van der Waals surface area contributed by atoms with Gasteiger partial charge in [0, 0.05) is 18.6 Å². The summed E-state index contributed by atoms with van der Waals surface area (Å²) in [5.74, 6) is 0.117. The van der Waals surface area contributed by atoms with Crippen LogP contribution in [0.15, 0.2) is 0 Å². The lowest BCUT2D eigenvalue weighted by Gasteiger charge is -2.26. The Morgan fingerprint density at radius 1 is 1.47 bits per heavy atom. The molecule has 0 aliphatic carbocycles. The van der Waals surface area contributed by atoms with E-state index in [1.165, 1.54) is 32.2 Å². The summed E-state index contributed by atoms with van der Waals surface area (Å²) in [6.07, 6.45) is 5.17. The van der Waals surface area contributed by atoms with Gasteiger partial charge in [-0.1, -0.05) is 6.42 Å². The van der Waals surface area contributed by atoms with Gasteiger partial charge in [-0.25, -0.2) is 0 Å². The third-order valence-electron chi connectivity index (χ3n) is 3.04. The van der Waals surface area contributed by atoms with Gasteiger partial charge in [-0.2, -0.15) is 5.26 Å². The van der Waals surface area contributed by atoms with Crippen LogP contribution in [0, 0.1) is 17.2 Å². The van der Waals surface area contributed by atoms with E-state index in [1.807, 2.05) is 6.92 Å². The average Bonchev–Trinajstić information content (AvgIpc) is 2.27. The molecule has 0 saturated carbocycles. The Balaban J connectivity index is 2.12. The third kappa shape index (κ3) is 5.15. The largest absolute Gasteiger partial charge is 0.314 e. The van der Waals surface area contributed by atoms with E-state index in [4.69, 9.17) is 5.26 Å². The Hall–Kier alpha value is -0.590. The molecule has 1 aliphatic rings. The van der Waals surface area contributed by atoms with Crippen LogP contribution in [0.4, 0.5) is 0 Å². The summed E-state index contributed by atoms with van der Waals surface area (Å²) in [5.41, 5.74) is 0. The summed E-state index contributed by atoms with van der Waals surface area (Å²) in [5, 5.41) is 15.6. The second-order valence-electron chi connectivity index (χ2n) is 4.72. The molecule has 15 heavy (non-hydrogen) atoms. The topological polar surface area (TPSA) is 47.9 Å². The van der Waals surface area contributed by atoms with Crippen LogP contribution >= 0.6 is 0 Å². The molecule has 0 bridgehead atoms. The molecule has 3 heteroatoms. The zero-order valence-corrected chi connectivity index (χ0v) is 9.92. The predicted octanol–water partition coefficient (Wildman–Crippen LogP) is 1.66. The molecule has 86 valence electrons. The van der Waals surface area contributed by atoms with E-state index >= 15 is 0 Å². The molecule has 3 nitrogen and oxygen atoms in total. The van der Waals surface area contributed by atoms with Crippen LogP contribution in [0.1, 0.15) is 39.5 Å². The van der Waals surface area contributed by atoms with Gasteiger partial charge < -0.3 is 10.6 Å². The van der Waals surface area contributed by atoms with Crippen molar-refractivity contribution in [2.45, 2.75) is 51.6 Å². The molecule has 0 spiro atoms. The van der Waals surface area contributed by atoms with E-state index in [2.05, 4.69) is 23.6 Å². The van der Waals surface area contributed by atoms with Crippen LogP contribution in [0.3, 0.4) is 0 Å². The first kappa shape index (κ1) is 12.5. The number of piperidine rings is 1. The number of nitrogens with one attached hydrogen (secondary N) is 2. The van der Waals surface area contributed by atoms with Gasteiger partial charge in [-0.3, -0.25) is 0 Å². The van der Waals surface area contributed by atoms with Crippen molar-refractivity contribution in [1.29, 1.82) is 5.26 Å². The maximum atomic E-state index is 8.67. The summed E-state index contributed by atoms with van der Waals surface area (Å²) in [6, 6.07) is 3.44. The second kappa shape index (κ2) is 6.81. The Kier molecular flexibility index (Phi) is 5.67. The van der Waals surface area contributed by atoms with E-state index < -0.39 is 0 Å². The van der Waals surface area contributed by atoms with Crippen molar-refractivity contribution >= 4 is 0 Å². The van der Waals surface area contributed by atoms with E-state index in [0.717, 1.165) is 6.54 Å². The Bertz CT molecular complexity index is 203. The summed E-state index contributed by atoms with van der Waals surface area (Å²) >= 11 is 0. The maximum absolute atomic E-state index is 8.67. The summed E-state index contributed by atoms with van der Waals surface area (Å²) in [6.45, 7) is 6.15. The van der Waals surface area contributed by atoms with Crippen molar-refractivity contribution in [3.05, 3.63) is 0 Å². The Morgan fingerprint density at radius 2 is 2.27 bits per heavy atom. The molecular formula is C12H23N3. The lowest BCUT2D eigenvalue weighted by Crippen LogP contribution is -2.40. The van der Waals surface area contributed by atoms with Crippen LogP contribution in [0.2, 0.25) is 0 Å². The van der Waals surface area contributed by atoms with E-state index in [9.17, 15) is 0 Å². The Labute approximate surface area is 93.2 Å². The van der Waals surface area contributed by atoms with Crippen molar-refractivity contribution in [2.24, 2.45) is 5.92 Å². The van der Waals surface area contributed by atoms with Crippen LogP contribution in [-0.2, 0) is 0 Å². The smallest absolute Gasteiger partial charge is 0.0666 e. The normalized spacial score (nSPS) is 25.5. The minimum atomic E-state index is 0.117. The highest BCUT2D eigenvalue weighted by Gasteiger charge is 2.15. The summed E-state index contributed by atoms with van der Waals surface area (Å²) in [7, 11) is 0. The quantitative estimate of drug-likeness (QED) is 0.724. The number of hydrogen-bond acceptors (Lipinski definition) is 3. The lowest BCUT2D eigenvalue weighted by atomic mass is 9.98. The summed E-state index contributed by atoms with van der Waals surface area (Å²) < 4.78 is 0. The van der Waals surface area contributed by atoms with Gasteiger partial charge in [0.15, 0.2) is 0 Å². The standard InChI is InChI=1S/C12H23N3/c1-10(8-13)9-15-11(2)7-12-5-3-4-6-14-12/h10-12,14-15H,3-7,9H2,1-2H3. The SMILES string of the molecule is CC(C#N)CNC(C)CC1CCCCN1. The number of nitrogens with zero attached hydrogens (tertiary/aromatic N) is 1. The fraction of sp³-hybridized carbons (Fsp3) is 0.917. The zero-order chi connectivity index (χ0) is 11.1. The van der Waals surface area contributed by atoms with Crippen LogP contribution in [0.25, 0.3) is 0 Å². The molecule has 0 aromatic carbocycles. The lowest BCUT2D eigenvalue weighted by molar-refractivity contribution is 0.342. The van der Waals surface area contributed by atoms with E-state index in [1.54, 1.807) is 0 Å². The Morgan fingerprint density at radius 3 is 2.87 bits per heavy atom. The number of rotatable bonds is 5. The van der Waals surface area contributed by atoms with Gasteiger partial charge in [-0.15, -0.1) is 0 Å². The van der Waals surface area contributed by atoms with Gasteiger partial charge >= 0.3 is 0 Å². The van der Waals surface area contributed by atoms with Crippen LogP contribution in [-0.4, -0.2) is 25.2 Å². The predicted molar refractivity (Wildman–Crippen MR) is 62.5 cm³/mol. The van der Waals surface area contributed by atoms with Gasteiger partial charge in [0.2, 0.25) is 0 Å². The highest BCUT2D eigenvalue weighted by atomic mass is 15.0. The fourth-order valence-electron chi connectivity index (χ4n) is 2.06. The molecule has 1 fully saturated rings. The maximum Gasteiger partial charge on any atom is 0.0666 e. The van der Waals surface area contributed by atoms with Crippen molar-refractivity contribution in [3.8, 4) is 6.07 Å². The average molecular weight is 209 g/mol. The number of hydrogen-bond donors (Lipinski definition) is 2. The van der Waals surface area contributed by atoms with Gasteiger partial charge in [-0.05, 0) is 39.7 Å². The molecule has 3 atom stereocenters. The zero-order valence-electron chi connectivity index (χ0n) is 9.92. The van der Waals surface area contributed by atoms with Crippen LogP contribution < -0.4 is 10.6 Å². The summed E-state index contributed by atoms with van der Waals surface area (Å²) in [4.78, 5) is 0. The minimum Gasteiger partial charge on any atom is -0.314 e. The molecular weight excluding hydrogens is 186 g/mol. The molecule has 1 saturated heterocycles. The highest BCUT2D eigenvalue weighted by molar-refractivity contribution is 4.82. The first-order chi connectivity index (χ1) is 7.22. The van der Waals surface area contributed by atoms with E-state index in [-0.39, 0.29) is 5.92 Å². The van der Waals surface area contributed by atoms with Crippen molar-refractivity contribution in [3.63, 3.8) is 0 Å². The van der Waals surface area contributed by atoms with Gasteiger partial charge in [0.05, 0.1) is 12.0 Å². The molecule has 3 unspecified atom stereocenters. The van der Waals surface area contributed by atoms with Crippen molar-refractivity contribution in [1.82, 2.24) is 10.6 Å². The van der Waals surface area contributed by atoms with E-state index in [0.29, 0.717) is 12.1 Å². The molecule has 0 amide bonds. The highest BCUT2D eigenvalue weighted by Crippen LogP contribution is 2.11. The van der Waals surface area contributed by atoms with Crippen LogP contribution in [0.5, 0.6) is 0 Å². The second-order valence-corrected chi connectivity index (χ2v) is 4.72. The van der Waals surface area contributed by atoms with Gasteiger partial charge in [0.25, 0.3) is 0 Å². The molecule has 0 radical (unpaired) electrons. The monoisotopic (exact) mass is 209 g/mol. The molecule has 0 aromatic rings. The first-order valence-electron chi connectivity index (χ1n) is 6.08. The molecule has 1 rings (SSSR count).